The van der Waals surface area contributed by atoms with Crippen molar-refractivity contribution in [3.63, 3.8) is 0 Å². The Morgan fingerprint density at radius 3 is 2.30 bits per heavy atom. The minimum atomic E-state index is 0.0389. The third-order valence-electron chi connectivity index (χ3n) is 3.02. The van der Waals surface area contributed by atoms with Crippen LogP contribution in [0.2, 0.25) is 0 Å². The fourth-order valence-corrected chi connectivity index (χ4v) is 2.09. The maximum Gasteiger partial charge on any atom is 0.118 e. The van der Waals surface area contributed by atoms with Crippen LogP contribution in [0.25, 0.3) is 0 Å². The van der Waals surface area contributed by atoms with Crippen molar-refractivity contribution in [2.24, 2.45) is 5.41 Å². The molecule has 1 atom stereocenters. The van der Waals surface area contributed by atoms with Gasteiger partial charge in [-0.25, -0.2) is 0 Å². The Hall–Kier alpha value is -1.13. The maximum atomic E-state index is 5.77. The van der Waals surface area contributed by atoms with Gasteiger partial charge in [0.15, 0.2) is 0 Å². The van der Waals surface area contributed by atoms with Crippen LogP contribution in [-0.2, 0) is 0 Å². The lowest BCUT2D eigenvalue weighted by molar-refractivity contribution is 0.414. The molecule has 0 aliphatic heterocycles. The van der Waals surface area contributed by atoms with Crippen LogP contribution in [0.5, 0.6) is 5.75 Å². The van der Waals surface area contributed by atoms with E-state index in [-0.39, 0.29) is 11.3 Å². The molecule has 1 rings (SSSR count). The number of methoxy groups -OCH3 is 1. The molecular weight excluding hydrogens is 268 g/mol. The highest BCUT2D eigenvalue weighted by Crippen LogP contribution is 2.25. The van der Waals surface area contributed by atoms with Crippen molar-refractivity contribution in [2.75, 3.05) is 13.0 Å². The molecule has 0 saturated heterocycles. The average molecular weight is 293 g/mol. The molecule has 0 heterocycles. The minimum Gasteiger partial charge on any atom is -0.497 e. The van der Waals surface area contributed by atoms with Gasteiger partial charge in [-0.2, -0.15) is 0 Å². The Morgan fingerprint density at radius 2 is 1.80 bits per heavy atom. The normalized spacial score (nSPS) is 12.4. The highest BCUT2D eigenvalue weighted by molar-refractivity contribution is 6.17. The summed E-state index contributed by atoms with van der Waals surface area (Å²) in [5.74, 6) is 8.69. The lowest BCUT2D eigenvalue weighted by Crippen LogP contribution is -2.03. The van der Waals surface area contributed by atoms with Crippen molar-refractivity contribution in [1.82, 2.24) is 0 Å². The molecule has 2 heteroatoms. The summed E-state index contributed by atoms with van der Waals surface area (Å²) in [5, 5.41) is 0. The number of benzene rings is 1. The number of halogens is 1. The maximum absolute atomic E-state index is 5.77. The van der Waals surface area contributed by atoms with Crippen LogP contribution in [-0.4, -0.2) is 13.0 Å². The van der Waals surface area contributed by atoms with E-state index in [0.717, 1.165) is 30.9 Å². The van der Waals surface area contributed by atoms with Crippen molar-refractivity contribution in [3.8, 4) is 17.6 Å². The van der Waals surface area contributed by atoms with Crippen LogP contribution in [0.1, 0.15) is 51.5 Å². The van der Waals surface area contributed by atoms with Crippen LogP contribution < -0.4 is 4.74 Å². The molecular formula is C18H25ClO. The second kappa shape index (κ2) is 8.22. The molecule has 0 saturated carbocycles. The van der Waals surface area contributed by atoms with Crippen LogP contribution in [0.3, 0.4) is 0 Å². The predicted octanol–water partition coefficient (Wildman–Crippen LogP) is 5.24. The molecule has 0 aliphatic carbocycles. The molecule has 0 radical (unpaired) electrons. The molecule has 1 nitrogen and oxygen atoms in total. The quantitative estimate of drug-likeness (QED) is 0.396. The van der Waals surface area contributed by atoms with Gasteiger partial charge in [0.05, 0.1) is 7.11 Å². The number of rotatable bonds is 6. The molecule has 1 aromatic rings. The van der Waals surface area contributed by atoms with Crippen LogP contribution >= 0.6 is 11.6 Å². The third-order valence-corrected chi connectivity index (χ3v) is 3.28. The van der Waals surface area contributed by atoms with Crippen molar-refractivity contribution >= 4 is 11.6 Å². The van der Waals surface area contributed by atoms with Gasteiger partial charge in [-0.15, -0.1) is 11.6 Å². The summed E-state index contributed by atoms with van der Waals surface area (Å²) in [6, 6.07) is 8.23. The van der Waals surface area contributed by atoms with Crippen molar-refractivity contribution in [2.45, 2.75) is 46.0 Å². The van der Waals surface area contributed by atoms with E-state index in [2.05, 4.69) is 44.7 Å². The average Bonchev–Trinajstić information content (AvgIpc) is 2.42. The fraction of sp³-hybridized carbons (Fsp3) is 0.556. The smallest absolute Gasteiger partial charge is 0.118 e. The SMILES string of the molecule is COc1ccc([C@@H](C#CC(C)(C)C)CCCCCl)cc1. The van der Waals surface area contributed by atoms with Gasteiger partial charge >= 0.3 is 0 Å². The molecule has 0 aliphatic rings. The molecule has 0 aromatic heterocycles. The van der Waals surface area contributed by atoms with E-state index in [0.29, 0.717) is 0 Å². The van der Waals surface area contributed by atoms with E-state index < -0.39 is 0 Å². The first-order valence-electron chi connectivity index (χ1n) is 7.19. The van der Waals surface area contributed by atoms with Gasteiger partial charge in [-0.3, -0.25) is 0 Å². The molecule has 0 unspecified atom stereocenters. The largest absolute Gasteiger partial charge is 0.497 e. The molecule has 110 valence electrons. The van der Waals surface area contributed by atoms with Gasteiger partial charge in [0.25, 0.3) is 0 Å². The predicted molar refractivity (Wildman–Crippen MR) is 87.5 cm³/mol. The van der Waals surface area contributed by atoms with Gasteiger partial charge in [0.2, 0.25) is 0 Å². The van der Waals surface area contributed by atoms with E-state index in [1.165, 1.54) is 5.56 Å². The monoisotopic (exact) mass is 292 g/mol. The molecule has 0 N–H and O–H groups in total. The number of hydrogen-bond donors (Lipinski definition) is 0. The van der Waals surface area contributed by atoms with E-state index >= 15 is 0 Å². The molecule has 0 fully saturated rings. The number of alkyl halides is 1. The van der Waals surface area contributed by atoms with E-state index in [1.54, 1.807) is 7.11 Å². The van der Waals surface area contributed by atoms with Gasteiger partial charge < -0.3 is 4.74 Å². The lowest BCUT2D eigenvalue weighted by Gasteiger charge is -2.14. The van der Waals surface area contributed by atoms with Crippen LogP contribution in [0.4, 0.5) is 0 Å². The number of ether oxygens (including phenoxy) is 1. The van der Waals surface area contributed by atoms with E-state index in [4.69, 9.17) is 16.3 Å². The van der Waals surface area contributed by atoms with E-state index in [1.807, 2.05) is 12.1 Å². The fourth-order valence-electron chi connectivity index (χ4n) is 1.90. The highest BCUT2D eigenvalue weighted by Gasteiger charge is 2.10. The highest BCUT2D eigenvalue weighted by atomic mass is 35.5. The summed E-state index contributed by atoms with van der Waals surface area (Å²) >= 11 is 5.77. The lowest BCUT2D eigenvalue weighted by atomic mass is 9.91. The van der Waals surface area contributed by atoms with Crippen LogP contribution in [0.15, 0.2) is 24.3 Å². The zero-order valence-electron chi connectivity index (χ0n) is 13.0. The standard InChI is InChI=1S/C18H25ClO/c1-18(2,3)13-12-15(7-5-6-14-19)16-8-10-17(20-4)11-9-16/h8-11,15H,5-7,14H2,1-4H3/t15-/m1/s1. The Morgan fingerprint density at radius 1 is 1.15 bits per heavy atom. The number of hydrogen-bond acceptors (Lipinski definition) is 1. The topological polar surface area (TPSA) is 9.23 Å². The van der Waals surface area contributed by atoms with Crippen molar-refractivity contribution in [1.29, 1.82) is 0 Å². The number of unbranched alkanes of at least 4 members (excludes halogenated alkanes) is 1. The van der Waals surface area contributed by atoms with Crippen LogP contribution in [0, 0.1) is 17.3 Å². The first kappa shape index (κ1) is 16.9. The van der Waals surface area contributed by atoms with Crippen molar-refractivity contribution < 1.29 is 4.74 Å². The second-order valence-electron chi connectivity index (χ2n) is 6.03. The summed E-state index contributed by atoms with van der Waals surface area (Å²) in [6.45, 7) is 6.43. The zero-order chi connectivity index (χ0) is 15.0. The Balaban J connectivity index is 2.86. The summed E-state index contributed by atoms with van der Waals surface area (Å²) in [5.41, 5.74) is 1.30. The second-order valence-corrected chi connectivity index (χ2v) is 6.41. The summed E-state index contributed by atoms with van der Waals surface area (Å²) in [6.07, 6.45) is 3.21. The van der Waals surface area contributed by atoms with Gasteiger partial charge in [-0.05, 0) is 51.3 Å². The van der Waals surface area contributed by atoms with Crippen molar-refractivity contribution in [3.05, 3.63) is 29.8 Å². The van der Waals surface area contributed by atoms with Gasteiger partial charge in [0, 0.05) is 17.2 Å². The molecule has 0 bridgehead atoms. The van der Waals surface area contributed by atoms with Gasteiger partial charge in [-0.1, -0.05) is 30.4 Å². The summed E-state index contributed by atoms with van der Waals surface area (Å²) in [4.78, 5) is 0. The molecule has 0 amide bonds. The molecule has 0 spiro atoms. The summed E-state index contributed by atoms with van der Waals surface area (Å²) < 4.78 is 5.21. The zero-order valence-corrected chi connectivity index (χ0v) is 13.8. The molecule has 1 aromatic carbocycles. The first-order chi connectivity index (χ1) is 9.46. The molecule has 20 heavy (non-hydrogen) atoms. The Labute approximate surface area is 128 Å². The van der Waals surface area contributed by atoms with Gasteiger partial charge in [0.1, 0.15) is 5.75 Å². The Bertz CT molecular complexity index is 445. The third kappa shape index (κ3) is 6.35. The minimum absolute atomic E-state index is 0.0389. The first-order valence-corrected chi connectivity index (χ1v) is 7.72. The Kier molecular flexibility index (Phi) is 6.96. The van der Waals surface area contributed by atoms with E-state index in [9.17, 15) is 0 Å². The summed E-state index contributed by atoms with van der Waals surface area (Å²) in [7, 11) is 1.69.